The van der Waals surface area contributed by atoms with Gasteiger partial charge in [-0.25, -0.2) is 13.4 Å². The molecule has 0 aliphatic heterocycles. The number of ether oxygens (including phenoxy) is 2. The van der Waals surface area contributed by atoms with Crippen LogP contribution in [0.5, 0.6) is 11.5 Å². The molecule has 0 saturated heterocycles. The first-order chi connectivity index (χ1) is 13.9. The van der Waals surface area contributed by atoms with E-state index < -0.39 is 10.0 Å². The molecule has 1 heterocycles. The summed E-state index contributed by atoms with van der Waals surface area (Å²) in [6, 6.07) is 17.5. The molecule has 2 aromatic carbocycles. The third-order valence-corrected chi connectivity index (χ3v) is 6.27. The zero-order chi connectivity index (χ0) is 20.9. The summed E-state index contributed by atoms with van der Waals surface area (Å²) >= 11 is 5.86. The molecule has 0 unspecified atom stereocenters. The normalized spacial score (nSPS) is 11.4. The Morgan fingerprint density at radius 2 is 1.31 bits per heavy atom. The van der Waals surface area contributed by atoms with Gasteiger partial charge in [0.15, 0.2) is 5.03 Å². The van der Waals surface area contributed by atoms with Gasteiger partial charge in [-0.1, -0.05) is 35.9 Å². The minimum atomic E-state index is -3.84. The van der Waals surface area contributed by atoms with Crippen molar-refractivity contribution in [2.45, 2.75) is 18.1 Å². The monoisotopic (exact) mass is 432 g/mol. The molecular weight excluding hydrogens is 412 g/mol. The Hall–Kier alpha value is -2.61. The smallest absolute Gasteiger partial charge is 0.261 e. The number of halogens is 1. The molecule has 29 heavy (non-hydrogen) atoms. The Morgan fingerprint density at radius 3 is 1.69 bits per heavy atom. The number of nitrogens with zero attached hydrogens (tertiary/aromatic N) is 2. The van der Waals surface area contributed by atoms with Crippen LogP contribution in [0, 0.1) is 0 Å². The largest absolute Gasteiger partial charge is 0.497 e. The molecular formula is C21H21ClN2O4S. The van der Waals surface area contributed by atoms with Gasteiger partial charge in [0, 0.05) is 19.3 Å². The summed E-state index contributed by atoms with van der Waals surface area (Å²) in [6.45, 7) is 0.366. The topological polar surface area (TPSA) is 68.7 Å². The van der Waals surface area contributed by atoms with E-state index in [9.17, 15) is 8.42 Å². The molecule has 0 aliphatic rings. The number of pyridine rings is 1. The van der Waals surface area contributed by atoms with Gasteiger partial charge in [-0.05, 0) is 47.5 Å². The second-order valence-electron chi connectivity index (χ2n) is 6.28. The van der Waals surface area contributed by atoms with Gasteiger partial charge >= 0.3 is 0 Å². The highest BCUT2D eigenvalue weighted by Crippen LogP contribution is 2.23. The standard InChI is InChI=1S/C21H21ClN2O4S/c1-27-19-8-3-16(4-9-19)14-24(15-17-5-10-20(28-2)11-6-17)29(25,26)21-12-7-18(22)13-23-21/h3-13H,14-15H2,1-2H3. The number of hydrogen-bond acceptors (Lipinski definition) is 5. The number of aromatic nitrogens is 1. The maximum atomic E-state index is 13.3. The molecule has 152 valence electrons. The van der Waals surface area contributed by atoms with E-state index in [-0.39, 0.29) is 18.1 Å². The van der Waals surface area contributed by atoms with Gasteiger partial charge in [0.1, 0.15) is 11.5 Å². The average molecular weight is 433 g/mol. The zero-order valence-electron chi connectivity index (χ0n) is 16.1. The number of rotatable bonds is 8. The number of methoxy groups -OCH3 is 2. The van der Waals surface area contributed by atoms with Gasteiger partial charge in [0.05, 0.1) is 19.2 Å². The Kier molecular flexibility index (Phi) is 6.74. The van der Waals surface area contributed by atoms with Crippen molar-refractivity contribution in [1.82, 2.24) is 9.29 Å². The van der Waals surface area contributed by atoms with Crippen molar-refractivity contribution in [2.24, 2.45) is 0 Å². The molecule has 0 saturated carbocycles. The van der Waals surface area contributed by atoms with E-state index in [4.69, 9.17) is 21.1 Å². The van der Waals surface area contributed by atoms with Crippen LogP contribution >= 0.6 is 11.6 Å². The molecule has 0 aliphatic carbocycles. The fraction of sp³-hybridized carbons (Fsp3) is 0.190. The van der Waals surface area contributed by atoms with E-state index in [2.05, 4.69) is 4.98 Å². The van der Waals surface area contributed by atoms with Gasteiger partial charge in [-0.15, -0.1) is 0 Å². The SMILES string of the molecule is COc1ccc(CN(Cc2ccc(OC)cc2)S(=O)(=O)c2ccc(Cl)cn2)cc1. The lowest BCUT2D eigenvalue weighted by molar-refractivity contribution is 0.396. The van der Waals surface area contributed by atoms with Crippen molar-refractivity contribution in [1.29, 1.82) is 0 Å². The number of hydrogen-bond donors (Lipinski definition) is 0. The predicted octanol–water partition coefficient (Wildman–Crippen LogP) is 4.14. The van der Waals surface area contributed by atoms with E-state index >= 15 is 0 Å². The summed E-state index contributed by atoms with van der Waals surface area (Å²) in [4.78, 5) is 4.01. The minimum absolute atomic E-state index is 0.0519. The molecule has 1 aromatic heterocycles. The number of benzene rings is 2. The van der Waals surface area contributed by atoms with E-state index in [1.54, 1.807) is 38.5 Å². The lowest BCUT2D eigenvalue weighted by Crippen LogP contribution is -2.30. The van der Waals surface area contributed by atoms with E-state index in [0.29, 0.717) is 16.5 Å². The van der Waals surface area contributed by atoms with Crippen LogP contribution in [0.2, 0.25) is 5.02 Å². The highest BCUT2D eigenvalue weighted by atomic mass is 35.5. The minimum Gasteiger partial charge on any atom is -0.497 e. The first-order valence-electron chi connectivity index (χ1n) is 8.80. The van der Waals surface area contributed by atoms with Crippen molar-refractivity contribution in [2.75, 3.05) is 14.2 Å². The zero-order valence-corrected chi connectivity index (χ0v) is 17.7. The maximum absolute atomic E-state index is 13.3. The van der Waals surface area contributed by atoms with Crippen LogP contribution in [0.4, 0.5) is 0 Å². The van der Waals surface area contributed by atoms with Crippen LogP contribution in [0.3, 0.4) is 0 Å². The van der Waals surface area contributed by atoms with Crippen molar-refractivity contribution in [3.8, 4) is 11.5 Å². The van der Waals surface area contributed by atoms with Gasteiger partial charge in [-0.2, -0.15) is 4.31 Å². The van der Waals surface area contributed by atoms with E-state index in [1.807, 2.05) is 24.3 Å². The summed E-state index contributed by atoms with van der Waals surface area (Å²) in [5, 5.41) is 0.324. The van der Waals surface area contributed by atoms with Crippen LogP contribution in [0.25, 0.3) is 0 Å². The third-order valence-electron chi connectivity index (χ3n) is 4.34. The fourth-order valence-corrected chi connectivity index (χ4v) is 4.18. The molecule has 0 fully saturated rings. The van der Waals surface area contributed by atoms with E-state index in [1.165, 1.54) is 22.6 Å². The lowest BCUT2D eigenvalue weighted by atomic mass is 10.2. The molecule has 0 bridgehead atoms. The molecule has 6 nitrogen and oxygen atoms in total. The average Bonchev–Trinajstić information content (AvgIpc) is 2.74. The third kappa shape index (κ3) is 5.26. The molecule has 8 heteroatoms. The number of sulfonamides is 1. The second kappa shape index (κ2) is 9.26. The molecule has 0 radical (unpaired) electrons. The highest BCUT2D eigenvalue weighted by molar-refractivity contribution is 7.89. The summed E-state index contributed by atoms with van der Waals surface area (Å²) < 4.78 is 38.3. The van der Waals surface area contributed by atoms with Crippen molar-refractivity contribution >= 4 is 21.6 Å². The summed E-state index contributed by atoms with van der Waals surface area (Å²) in [7, 11) is -0.675. The summed E-state index contributed by atoms with van der Waals surface area (Å²) in [6.07, 6.45) is 1.33. The molecule has 0 spiro atoms. The van der Waals surface area contributed by atoms with Crippen LogP contribution in [-0.4, -0.2) is 31.9 Å². The molecule has 0 atom stereocenters. The first kappa shape index (κ1) is 21.1. The van der Waals surface area contributed by atoms with Crippen molar-refractivity contribution in [3.05, 3.63) is 83.0 Å². The quantitative estimate of drug-likeness (QED) is 0.535. The van der Waals surface area contributed by atoms with E-state index in [0.717, 1.165) is 11.1 Å². The van der Waals surface area contributed by atoms with Crippen LogP contribution in [0.1, 0.15) is 11.1 Å². The molecule has 3 aromatic rings. The van der Waals surface area contributed by atoms with Gasteiger partial charge in [-0.3, -0.25) is 0 Å². The summed E-state index contributed by atoms with van der Waals surface area (Å²) in [5.41, 5.74) is 1.66. The Balaban J connectivity index is 1.93. The van der Waals surface area contributed by atoms with Gasteiger partial charge < -0.3 is 9.47 Å². The van der Waals surface area contributed by atoms with Crippen molar-refractivity contribution < 1.29 is 17.9 Å². The first-order valence-corrected chi connectivity index (χ1v) is 10.6. The molecule has 0 amide bonds. The van der Waals surface area contributed by atoms with Crippen LogP contribution in [0.15, 0.2) is 71.9 Å². The predicted molar refractivity (Wildman–Crippen MR) is 112 cm³/mol. The Morgan fingerprint density at radius 1 is 0.828 bits per heavy atom. The van der Waals surface area contributed by atoms with Gasteiger partial charge in [0.2, 0.25) is 0 Å². The highest BCUT2D eigenvalue weighted by Gasteiger charge is 2.26. The Labute approximate surface area is 175 Å². The fourth-order valence-electron chi connectivity index (χ4n) is 2.74. The van der Waals surface area contributed by atoms with Crippen molar-refractivity contribution in [3.63, 3.8) is 0 Å². The molecule has 0 N–H and O–H groups in total. The maximum Gasteiger partial charge on any atom is 0.261 e. The lowest BCUT2D eigenvalue weighted by Gasteiger charge is -2.22. The molecule has 3 rings (SSSR count). The Bertz CT molecular complexity index is 988. The van der Waals surface area contributed by atoms with Crippen LogP contribution < -0.4 is 9.47 Å². The second-order valence-corrected chi connectivity index (χ2v) is 8.61. The van der Waals surface area contributed by atoms with Crippen LogP contribution in [-0.2, 0) is 23.1 Å². The summed E-state index contributed by atoms with van der Waals surface area (Å²) in [5.74, 6) is 1.41. The van der Waals surface area contributed by atoms with Gasteiger partial charge in [0.25, 0.3) is 10.0 Å².